The number of carbonyl (C=O) groups is 1. The number of nitrogens with zero attached hydrogens (tertiary/aromatic N) is 2. The normalized spacial score (nSPS) is 20.0. The maximum atomic E-state index is 13.8. The smallest absolute Gasteiger partial charge is 0.312 e. The molecule has 0 radical (unpaired) electrons. The standard InChI is InChI=1S/C21H27FN2O4S/c1-12-8-13(22)9-15(18(12)25)16-11-29-20(23-16)24-7-6-14(17(10-24)27-5)19(26)28-21(2,3)4/h8-9,11,14,17,25H,6-7,10H2,1-5H3/t14-,17+/m0/s1. The second-order valence-electron chi connectivity index (χ2n) is 8.28. The highest BCUT2D eigenvalue weighted by atomic mass is 32.1. The molecule has 0 unspecified atom stereocenters. The van der Waals surface area contributed by atoms with E-state index in [1.165, 1.54) is 23.5 Å². The van der Waals surface area contributed by atoms with E-state index < -0.39 is 11.4 Å². The van der Waals surface area contributed by atoms with E-state index in [-0.39, 0.29) is 23.7 Å². The largest absolute Gasteiger partial charge is 0.507 e. The quantitative estimate of drug-likeness (QED) is 0.747. The second-order valence-corrected chi connectivity index (χ2v) is 9.12. The van der Waals surface area contributed by atoms with E-state index in [0.717, 1.165) is 5.13 Å². The first-order chi connectivity index (χ1) is 13.6. The lowest BCUT2D eigenvalue weighted by atomic mass is 9.93. The molecule has 1 aliphatic rings. The number of hydrogen-bond acceptors (Lipinski definition) is 7. The summed E-state index contributed by atoms with van der Waals surface area (Å²) >= 11 is 1.41. The van der Waals surface area contributed by atoms with Gasteiger partial charge >= 0.3 is 5.97 Å². The van der Waals surface area contributed by atoms with Crippen molar-refractivity contribution in [1.82, 2.24) is 4.98 Å². The number of phenols is 1. The number of ether oxygens (including phenoxy) is 2. The van der Waals surface area contributed by atoms with Crippen LogP contribution in [0.3, 0.4) is 0 Å². The number of piperidine rings is 1. The molecule has 8 heteroatoms. The van der Waals surface area contributed by atoms with Gasteiger partial charge in [0.05, 0.1) is 17.7 Å². The zero-order valence-corrected chi connectivity index (χ0v) is 18.2. The van der Waals surface area contributed by atoms with Crippen molar-refractivity contribution in [3.05, 3.63) is 28.9 Å². The zero-order chi connectivity index (χ0) is 21.3. The summed E-state index contributed by atoms with van der Waals surface area (Å²) in [6.07, 6.45) is 0.280. The Morgan fingerprint density at radius 2 is 2.10 bits per heavy atom. The van der Waals surface area contributed by atoms with Gasteiger partial charge in [-0.05, 0) is 51.8 Å². The number of aromatic hydroxyl groups is 1. The van der Waals surface area contributed by atoms with Crippen LogP contribution in [0.2, 0.25) is 0 Å². The van der Waals surface area contributed by atoms with Crippen LogP contribution in [0.1, 0.15) is 32.8 Å². The van der Waals surface area contributed by atoms with Crippen LogP contribution < -0.4 is 4.90 Å². The molecule has 2 heterocycles. The Balaban J connectivity index is 1.76. The number of phenolic OH excluding ortho intramolecular Hbond substituents is 1. The van der Waals surface area contributed by atoms with E-state index in [0.29, 0.717) is 36.3 Å². The van der Waals surface area contributed by atoms with Crippen LogP contribution in [0.5, 0.6) is 5.75 Å². The van der Waals surface area contributed by atoms with Gasteiger partial charge in [-0.25, -0.2) is 9.37 Å². The number of rotatable bonds is 4. The Hall–Kier alpha value is -2.19. The molecule has 1 saturated heterocycles. The topological polar surface area (TPSA) is 71.9 Å². The fourth-order valence-electron chi connectivity index (χ4n) is 3.44. The predicted molar refractivity (Wildman–Crippen MR) is 111 cm³/mol. The fraction of sp³-hybridized carbons (Fsp3) is 0.524. The lowest BCUT2D eigenvalue weighted by Crippen LogP contribution is -2.49. The number of aryl methyl sites for hydroxylation is 1. The highest BCUT2D eigenvalue weighted by Gasteiger charge is 2.37. The van der Waals surface area contributed by atoms with Crippen molar-refractivity contribution in [1.29, 1.82) is 0 Å². The highest BCUT2D eigenvalue weighted by molar-refractivity contribution is 7.14. The van der Waals surface area contributed by atoms with Crippen LogP contribution in [0.15, 0.2) is 17.5 Å². The molecule has 0 aliphatic carbocycles. The van der Waals surface area contributed by atoms with Crippen molar-refractivity contribution in [2.45, 2.75) is 45.8 Å². The van der Waals surface area contributed by atoms with Gasteiger partial charge in [0.25, 0.3) is 0 Å². The summed E-state index contributed by atoms with van der Waals surface area (Å²) in [7, 11) is 1.59. The molecule has 6 nitrogen and oxygen atoms in total. The lowest BCUT2D eigenvalue weighted by Gasteiger charge is -2.37. The average Bonchev–Trinajstić information content (AvgIpc) is 3.12. The van der Waals surface area contributed by atoms with Crippen molar-refractivity contribution in [3.8, 4) is 17.0 Å². The van der Waals surface area contributed by atoms with Crippen molar-refractivity contribution >= 4 is 22.4 Å². The van der Waals surface area contributed by atoms with Gasteiger partial charge in [0.1, 0.15) is 17.2 Å². The van der Waals surface area contributed by atoms with E-state index in [2.05, 4.69) is 4.98 Å². The van der Waals surface area contributed by atoms with Gasteiger partial charge < -0.3 is 19.5 Å². The Morgan fingerprint density at radius 1 is 1.38 bits per heavy atom. The van der Waals surface area contributed by atoms with Gasteiger partial charge in [-0.2, -0.15) is 0 Å². The first-order valence-electron chi connectivity index (χ1n) is 9.54. The Bertz CT molecular complexity index is 893. The first-order valence-corrected chi connectivity index (χ1v) is 10.4. The number of esters is 1. The van der Waals surface area contributed by atoms with Crippen molar-refractivity contribution in [2.75, 3.05) is 25.1 Å². The lowest BCUT2D eigenvalue weighted by molar-refractivity contribution is -0.165. The molecule has 29 heavy (non-hydrogen) atoms. The number of benzene rings is 1. The molecule has 1 aliphatic heterocycles. The van der Waals surface area contributed by atoms with Crippen molar-refractivity contribution < 1.29 is 23.8 Å². The number of methoxy groups -OCH3 is 1. The Morgan fingerprint density at radius 3 is 2.76 bits per heavy atom. The third-order valence-electron chi connectivity index (χ3n) is 4.88. The molecule has 2 atom stereocenters. The number of carbonyl (C=O) groups excluding carboxylic acids is 1. The number of aromatic nitrogens is 1. The number of hydrogen-bond donors (Lipinski definition) is 1. The van der Waals surface area contributed by atoms with Crippen LogP contribution in [-0.2, 0) is 14.3 Å². The van der Waals surface area contributed by atoms with Gasteiger partial charge in [0.15, 0.2) is 5.13 Å². The molecule has 0 bridgehead atoms. The summed E-state index contributed by atoms with van der Waals surface area (Å²) < 4.78 is 24.9. The van der Waals surface area contributed by atoms with E-state index in [1.54, 1.807) is 19.4 Å². The molecule has 158 valence electrons. The van der Waals surface area contributed by atoms with E-state index in [9.17, 15) is 14.3 Å². The third-order valence-corrected chi connectivity index (χ3v) is 5.78. The van der Waals surface area contributed by atoms with E-state index in [4.69, 9.17) is 9.47 Å². The molecule has 0 spiro atoms. The van der Waals surface area contributed by atoms with Gasteiger partial charge in [-0.3, -0.25) is 4.79 Å². The molecule has 1 fully saturated rings. The van der Waals surface area contributed by atoms with Crippen LogP contribution >= 0.6 is 11.3 Å². The molecule has 3 rings (SSSR count). The van der Waals surface area contributed by atoms with Gasteiger partial charge in [0, 0.05) is 31.1 Å². The number of halogens is 1. The predicted octanol–water partition coefficient (Wildman–Crippen LogP) is 4.15. The molecule has 1 aromatic carbocycles. The SMILES string of the molecule is CO[C@@H]1CN(c2nc(-c3cc(F)cc(C)c3O)cs2)CC[C@@H]1C(=O)OC(C)(C)C. The molecule has 0 amide bonds. The van der Waals surface area contributed by atoms with Crippen LogP contribution in [-0.4, -0.2) is 48.0 Å². The summed E-state index contributed by atoms with van der Waals surface area (Å²) in [6.45, 7) is 8.33. The minimum Gasteiger partial charge on any atom is -0.507 e. The molecule has 0 saturated carbocycles. The molecular weight excluding hydrogens is 395 g/mol. The highest BCUT2D eigenvalue weighted by Crippen LogP contribution is 2.36. The summed E-state index contributed by atoms with van der Waals surface area (Å²) in [5, 5.41) is 12.8. The molecule has 1 N–H and O–H groups in total. The molecular formula is C21H27FN2O4S. The summed E-state index contributed by atoms with van der Waals surface area (Å²) in [5.41, 5.74) is 0.819. The van der Waals surface area contributed by atoms with E-state index >= 15 is 0 Å². The van der Waals surface area contributed by atoms with Crippen molar-refractivity contribution in [3.63, 3.8) is 0 Å². The number of thiazole rings is 1. The average molecular weight is 423 g/mol. The Kier molecular flexibility index (Phi) is 6.14. The van der Waals surface area contributed by atoms with Gasteiger partial charge in [-0.15, -0.1) is 11.3 Å². The van der Waals surface area contributed by atoms with Crippen LogP contribution in [0, 0.1) is 18.7 Å². The van der Waals surface area contributed by atoms with Crippen LogP contribution in [0.4, 0.5) is 9.52 Å². The minimum absolute atomic E-state index is 0.0293. The minimum atomic E-state index is -0.540. The summed E-state index contributed by atoms with van der Waals surface area (Å²) in [6, 6.07) is 2.57. The summed E-state index contributed by atoms with van der Waals surface area (Å²) in [4.78, 5) is 19.2. The van der Waals surface area contributed by atoms with Gasteiger partial charge in [0.2, 0.25) is 0 Å². The number of anilines is 1. The maximum Gasteiger partial charge on any atom is 0.312 e. The Labute approximate surface area is 174 Å². The third kappa shape index (κ3) is 4.87. The zero-order valence-electron chi connectivity index (χ0n) is 17.4. The fourth-order valence-corrected chi connectivity index (χ4v) is 4.30. The first kappa shape index (κ1) is 21.5. The second kappa shape index (κ2) is 8.28. The summed E-state index contributed by atoms with van der Waals surface area (Å²) in [5.74, 6) is -0.960. The van der Waals surface area contributed by atoms with Crippen molar-refractivity contribution in [2.24, 2.45) is 5.92 Å². The van der Waals surface area contributed by atoms with E-state index in [1.807, 2.05) is 25.7 Å². The maximum absolute atomic E-state index is 13.8. The van der Waals surface area contributed by atoms with Crippen LogP contribution in [0.25, 0.3) is 11.3 Å². The molecule has 1 aromatic heterocycles. The monoisotopic (exact) mass is 422 g/mol. The molecule has 2 aromatic rings. The van der Waals surface area contributed by atoms with Gasteiger partial charge in [-0.1, -0.05) is 0 Å².